The highest BCUT2D eigenvalue weighted by Gasteiger charge is 2.25. The van der Waals surface area contributed by atoms with Crippen molar-refractivity contribution in [2.75, 3.05) is 6.54 Å². The molecule has 1 atom stereocenters. The molecule has 0 saturated heterocycles. The number of carbonyl (C=O) groups excluding carboxylic acids is 1. The average Bonchev–Trinajstić information content (AvgIpc) is 2.75. The Morgan fingerprint density at radius 2 is 1.87 bits per heavy atom. The summed E-state index contributed by atoms with van der Waals surface area (Å²) in [6, 6.07) is 12.5. The maximum Gasteiger partial charge on any atom is 0.261 e. The summed E-state index contributed by atoms with van der Waals surface area (Å²) in [5, 5.41) is 1.03. The zero-order chi connectivity index (χ0) is 21.8. The first kappa shape index (κ1) is 22.0. The van der Waals surface area contributed by atoms with Gasteiger partial charge < -0.3 is 4.90 Å². The van der Waals surface area contributed by atoms with Crippen molar-refractivity contribution in [3.05, 3.63) is 74.8 Å². The van der Waals surface area contributed by atoms with Crippen LogP contribution in [0.1, 0.15) is 61.4 Å². The zero-order valence-electron chi connectivity index (χ0n) is 18.0. The summed E-state index contributed by atoms with van der Waals surface area (Å²) in [5.41, 5.74) is 2.26. The topological polar surface area (TPSA) is 55.2 Å². The van der Waals surface area contributed by atoms with E-state index in [9.17, 15) is 9.59 Å². The van der Waals surface area contributed by atoms with Gasteiger partial charge in [-0.05, 0) is 62.6 Å². The highest BCUT2D eigenvalue weighted by Crippen LogP contribution is 2.23. The Hall–Kier alpha value is -2.66. The minimum atomic E-state index is -0.372. The Labute approximate surface area is 182 Å². The molecule has 158 valence electrons. The number of carbonyl (C=O) groups is 1. The van der Waals surface area contributed by atoms with E-state index >= 15 is 0 Å². The number of nitrogens with zero attached hydrogens (tertiary/aromatic N) is 3. The Morgan fingerprint density at radius 1 is 1.17 bits per heavy atom. The monoisotopic (exact) mass is 425 g/mol. The van der Waals surface area contributed by atoms with Gasteiger partial charge in [-0.25, -0.2) is 4.98 Å². The first-order valence-corrected chi connectivity index (χ1v) is 10.8. The van der Waals surface area contributed by atoms with Gasteiger partial charge >= 0.3 is 0 Å². The van der Waals surface area contributed by atoms with Crippen LogP contribution in [0.15, 0.2) is 47.3 Å². The second-order valence-electron chi connectivity index (χ2n) is 7.56. The van der Waals surface area contributed by atoms with Gasteiger partial charge in [0.1, 0.15) is 5.82 Å². The summed E-state index contributed by atoms with van der Waals surface area (Å²) in [6.07, 6.45) is 3.30. The molecule has 1 amide bonds. The Kier molecular flexibility index (Phi) is 6.93. The molecule has 0 aliphatic carbocycles. The van der Waals surface area contributed by atoms with Crippen molar-refractivity contribution in [1.82, 2.24) is 14.5 Å². The molecule has 0 N–H and O–H groups in total. The molecule has 3 rings (SSSR count). The third-order valence-corrected chi connectivity index (χ3v) is 5.77. The summed E-state index contributed by atoms with van der Waals surface area (Å²) >= 11 is 6.09. The van der Waals surface area contributed by atoms with Gasteiger partial charge in [-0.3, -0.25) is 14.2 Å². The zero-order valence-corrected chi connectivity index (χ0v) is 18.7. The smallest absolute Gasteiger partial charge is 0.261 e. The molecule has 0 saturated carbocycles. The quantitative estimate of drug-likeness (QED) is 0.525. The Bertz CT molecular complexity index is 1110. The van der Waals surface area contributed by atoms with Crippen LogP contribution in [0.2, 0.25) is 5.02 Å². The number of aryl methyl sites for hydroxylation is 1. The fourth-order valence-electron chi connectivity index (χ4n) is 3.73. The highest BCUT2D eigenvalue weighted by atomic mass is 35.5. The number of unbranched alkanes of at least 4 members (excludes halogenated alkanes) is 1. The van der Waals surface area contributed by atoms with Crippen LogP contribution >= 0.6 is 11.6 Å². The van der Waals surface area contributed by atoms with Gasteiger partial charge in [0.05, 0.1) is 16.9 Å². The van der Waals surface area contributed by atoms with Crippen molar-refractivity contribution in [3.8, 4) is 0 Å². The molecule has 0 fully saturated rings. The summed E-state index contributed by atoms with van der Waals surface area (Å²) < 4.78 is 1.52. The van der Waals surface area contributed by atoms with E-state index in [0.717, 1.165) is 19.3 Å². The Morgan fingerprint density at radius 3 is 2.50 bits per heavy atom. The maximum absolute atomic E-state index is 13.2. The molecule has 0 aliphatic rings. The average molecular weight is 426 g/mol. The van der Waals surface area contributed by atoms with Gasteiger partial charge in [0.25, 0.3) is 11.5 Å². The first-order chi connectivity index (χ1) is 14.4. The number of rotatable bonds is 7. The highest BCUT2D eigenvalue weighted by molar-refractivity contribution is 6.31. The third kappa shape index (κ3) is 4.41. The largest absolute Gasteiger partial charge is 0.329 e. The van der Waals surface area contributed by atoms with Crippen molar-refractivity contribution >= 4 is 28.4 Å². The number of hydrogen-bond acceptors (Lipinski definition) is 3. The Balaban J connectivity index is 1.94. The molecule has 0 radical (unpaired) electrons. The van der Waals surface area contributed by atoms with Crippen molar-refractivity contribution in [2.24, 2.45) is 7.05 Å². The van der Waals surface area contributed by atoms with Gasteiger partial charge in [0.15, 0.2) is 0 Å². The maximum atomic E-state index is 13.2. The number of hydrogen-bond donors (Lipinski definition) is 0. The van der Waals surface area contributed by atoms with Gasteiger partial charge in [0.2, 0.25) is 0 Å². The van der Waals surface area contributed by atoms with Crippen LogP contribution in [0.25, 0.3) is 10.9 Å². The number of amides is 1. The molecular formula is C24H28ClN3O2. The molecule has 0 bridgehead atoms. The van der Waals surface area contributed by atoms with Gasteiger partial charge in [0, 0.05) is 24.2 Å². The number of aromatic nitrogens is 2. The van der Waals surface area contributed by atoms with Crippen LogP contribution in [0.3, 0.4) is 0 Å². The minimum Gasteiger partial charge on any atom is -0.329 e. The van der Waals surface area contributed by atoms with Crippen LogP contribution in [-0.2, 0) is 13.5 Å². The fraction of sp³-hybridized carbons (Fsp3) is 0.375. The van der Waals surface area contributed by atoms with Crippen molar-refractivity contribution in [1.29, 1.82) is 0 Å². The molecule has 3 aromatic rings. The predicted molar refractivity (Wildman–Crippen MR) is 122 cm³/mol. The molecule has 0 spiro atoms. The molecule has 6 heteroatoms. The lowest BCUT2D eigenvalue weighted by Gasteiger charge is -2.29. The van der Waals surface area contributed by atoms with Crippen LogP contribution in [-0.4, -0.2) is 26.9 Å². The summed E-state index contributed by atoms with van der Waals surface area (Å²) in [4.78, 5) is 32.4. The standard InChI is InChI=1S/C24H28ClN3O2/c1-5-7-8-17-9-11-18(12-10-17)23(29)28(6-2)16(3)22-26-21-15-19(25)13-14-20(21)24(30)27(22)4/h9-16H,5-8H2,1-4H3. The number of fused-ring (bicyclic) bond motifs is 1. The van der Waals surface area contributed by atoms with E-state index in [1.807, 2.05) is 38.1 Å². The van der Waals surface area contributed by atoms with Crippen LogP contribution in [0.5, 0.6) is 0 Å². The van der Waals surface area contributed by atoms with E-state index in [2.05, 4.69) is 11.9 Å². The molecule has 1 unspecified atom stereocenters. The van der Waals surface area contributed by atoms with E-state index in [1.54, 1.807) is 30.1 Å². The lowest BCUT2D eigenvalue weighted by atomic mass is 10.1. The SMILES string of the molecule is CCCCc1ccc(C(=O)N(CC)C(C)c2nc3cc(Cl)ccc3c(=O)n2C)cc1. The van der Waals surface area contributed by atoms with E-state index in [1.165, 1.54) is 10.1 Å². The van der Waals surface area contributed by atoms with Crippen molar-refractivity contribution in [2.45, 2.75) is 46.1 Å². The molecular weight excluding hydrogens is 398 g/mol. The third-order valence-electron chi connectivity index (χ3n) is 5.54. The fourth-order valence-corrected chi connectivity index (χ4v) is 3.89. The lowest BCUT2D eigenvalue weighted by molar-refractivity contribution is 0.0692. The summed E-state index contributed by atoms with van der Waals surface area (Å²) in [5.74, 6) is 0.456. The van der Waals surface area contributed by atoms with E-state index in [4.69, 9.17) is 11.6 Å². The number of benzene rings is 2. The first-order valence-electron chi connectivity index (χ1n) is 10.4. The second-order valence-corrected chi connectivity index (χ2v) is 8.00. The normalized spacial score (nSPS) is 12.2. The van der Waals surface area contributed by atoms with Crippen LogP contribution in [0, 0.1) is 0 Å². The van der Waals surface area contributed by atoms with Gasteiger partial charge in [-0.2, -0.15) is 0 Å². The summed E-state index contributed by atoms with van der Waals surface area (Å²) in [6.45, 7) is 6.50. The molecule has 5 nitrogen and oxygen atoms in total. The second kappa shape index (κ2) is 9.43. The number of halogens is 1. The van der Waals surface area contributed by atoms with E-state index in [0.29, 0.717) is 33.9 Å². The molecule has 1 aromatic heterocycles. The van der Waals surface area contributed by atoms with Crippen molar-refractivity contribution in [3.63, 3.8) is 0 Å². The molecule has 2 aromatic carbocycles. The van der Waals surface area contributed by atoms with Gasteiger partial charge in [-0.1, -0.05) is 37.1 Å². The summed E-state index contributed by atoms with van der Waals surface area (Å²) in [7, 11) is 1.69. The van der Waals surface area contributed by atoms with Gasteiger partial charge in [-0.15, -0.1) is 0 Å². The lowest BCUT2D eigenvalue weighted by Crippen LogP contribution is -2.37. The molecule has 0 aliphatic heterocycles. The molecule has 1 heterocycles. The molecule has 30 heavy (non-hydrogen) atoms. The van der Waals surface area contributed by atoms with E-state index < -0.39 is 0 Å². The predicted octanol–water partition coefficient (Wildman–Crippen LogP) is 5.15. The van der Waals surface area contributed by atoms with Crippen molar-refractivity contribution < 1.29 is 4.79 Å². The van der Waals surface area contributed by atoms with E-state index in [-0.39, 0.29) is 17.5 Å². The van der Waals surface area contributed by atoms with Crippen LogP contribution in [0.4, 0.5) is 0 Å². The van der Waals surface area contributed by atoms with Crippen LogP contribution < -0.4 is 5.56 Å². The minimum absolute atomic E-state index is 0.0764.